The van der Waals surface area contributed by atoms with E-state index in [2.05, 4.69) is 24.8 Å². The molecule has 2 heterocycles. The zero-order valence-corrected chi connectivity index (χ0v) is 16.7. The molecule has 150 valence electrons. The molecule has 1 aliphatic rings. The molecule has 1 aliphatic heterocycles. The van der Waals surface area contributed by atoms with Crippen molar-refractivity contribution in [3.05, 3.63) is 63.8 Å². The fraction of sp³-hybridized carbons (Fsp3) is 0.292. The fourth-order valence-corrected chi connectivity index (χ4v) is 3.89. The van der Waals surface area contributed by atoms with E-state index in [-0.39, 0.29) is 27.9 Å². The number of phenols is 2. The summed E-state index contributed by atoms with van der Waals surface area (Å²) in [6.07, 6.45) is 3.72. The summed E-state index contributed by atoms with van der Waals surface area (Å²) in [5.41, 5.74) is 3.31. The molecule has 5 nitrogen and oxygen atoms in total. The minimum atomic E-state index is -0.328. The van der Waals surface area contributed by atoms with Crippen LogP contribution in [0.3, 0.4) is 0 Å². The summed E-state index contributed by atoms with van der Waals surface area (Å²) >= 11 is 0. The van der Waals surface area contributed by atoms with E-state index in [0.717, 1.165) is 43.6 Å². The minimum Gasteiger partial charge on any atom is -0.507 e. The highest BCUT2D eigenvalue weighted by molar-refractivity contribution is 5.96. The van der Waals surface area contributed by atoms with Gasteiger partial charge in [0.1, 0.15) is 22.6 Å². The molecule has 0 aliphatic carbocycles. The standard InChI is InChI=1S/C24H25NO4/c1-3-15-5-7-16(8-6-15)21-14-20(28)23-19(27)13-18(26)22(24(23)29-21)17-9-11-25(4-2)12-10-17/h5-9,13-14,26-27H,3-4,10-12H2,1-2H3. The van der Waals surface area contributed by atoms with Crippen LogP contribution >= 0.6 is 0 Å². The van der Waals surface area contributed by atoms with Gasteiger partial charge in [-0.3, -0.25) is 9.69 Å². The highest BCUT2D eigenvalue weighted by Crippen LogP contribution is 2.40. The van der Waals surface area contributed by atoms with Crippen molar-refractivity contribution in [3.63, 3.8) is 0 Å². The molecular weight excluding hydrogens is 366 g/mol. The first-order chi connectivity index (χ1) is 14.0. The van der Waals surface area contributed by atoms with Gasteiger partial charge in [-0.05, 0) is 30.5 Å². The van der Waals surface area contributed by atoms with Gasteiger partial charge in [0, 0.05) is 30.8 Å². The van der Waals surface area contributed by atoms with E-state index in [1.54, 1.807) is 0 Å². The summed E-state index contributed by atoms with van der Waals surface area (Å²) in [5, 5.41) is 21.0. The van der Waals surface area contributed by atoms with E-state index in [9.17, 15) is 15.0 Å². The largest absolute Gasteiger partial charge is 0.507 e. The molecule has 0 saturated heterocycles. The third-order valence-electron chi connectivity index (χ3n) is 5.67. The number of hydrogen-bond donors (Lipinski definition) is 2. The van der Waals surface area contributed by atoms with Crippen LogP contribution in [0, 0.1) is 0 Å². The van der Waals surface area contributed by atoms with Crippen LogP contribution in [0.4, 0.5) is 0 Å². The lowest BCUT2D eigenvalue weighted by Gasteiger charge is -2.25. The number of aromatic hydroxyl groups is 2. The quantitative estimate of drug-likeness (QED) is 0.683. The third kappa shape index (κ3) is 3.54. The van der Waals surface area contributed by atoms with Crippen LogP contribution in [-0.4, -0.2) is 34.7 Å². The smallest absolute Gasteiger partial charge is 0.197 e. The number of aryl methyl sites for hydroxylation is 1. The Labute approximate surface area is 169 Å². The Hall–Kier alpha value is -3.05. The first kappa shape index (κ1) is 19.3. The maximum Gasteiger partial charge on any atom is 0.197 e. The summed E-state index contributed by atoms with van der Waals surface area (Å²) in [7, 11) is 0. The third-order valence-corrected chi connectivity index (χ3v) is 5.67. The van der Waals surface area contributed by atoms with Crippen molar-refractivity contribution in [3.8, 4) is 22.8 Å². The van der Waals surface area contributed by atoms with Crippen LogP contribution in [0.25, 0.3) is 27.9 Å². The van der Waals surface area contributed by atoms with Crippen LogP contribution in [0.15, 0.2) is 51.7 Å². The highest BCUT2D eigenvalue weighted by atomic mass is 16.3. The van der Waals surface area contributed by atoms with Gasteiger partial charge >= 0.3 is 0 Å². The molecule has 0 unspecified atom stereocenters. The first-order valence-electron chi connectivity index (χ1n) is 10.1. The Morgan fingerprint density at radius 2 is 1.83 bits per heavy atom. The number of phenolic OH excluding ortho intramolecular Hbond substituents is 2. The molecule has 0 spiro atoms. The summed E-state index contributed by atoms with van der Waals surface area (Å²) in [5.74, 6) is 0.0744. The van der Waals surface area contributed by atoms with Gasteiger partial charge in [0.2, 0.25) is 0 Å². The van der Waals surface area contributed by atoms with Gasteiger partial charge in [-0.25, -0.2) is 0 Å². The monoisotopic (exact) mass is 391 g/mol. The molecule has 2 aromatic carbocycles. The fourth-order valence-electron chi connectivity index (χ4n) is 3.89. The number of benzene rings is 2. The second-order valence-corrected chi connectivity index (χ2v) is 7.39. The summed E-state index contributed by atoms with van der Waals surface area (Å²) in [6.45, 7) is 6.80. The average molecular weight is 391 g/mol. The molecule has 4 rings (SSSR count). The zero-order valence-electron chi connectivity index (χ0n) is 16.7. The van der Waals surface area contributed by atoms with Gasteiger partial charge in [-0.2, -0.15) is 0 Å². The molecule has 0 atom stereocenters. The van der Waals surface area contributed by atoms with Crippen molar-refractivity contribution >= 4 is 16.5 Å². The highest BCUT2D eigenvalue weighted by Gasteiger charge is 2.22. The number of nitrogens with zero attached hydrogens (tertiary/aromatic N) is 1. The predicted octanol–water partition coefficient (Wildman–Crippen LogP) is 4.54. The summed E-state index contributed by atoms with van der Waals surface area (Å²) in [6, 6.07) is 10.5. The van der Waals surface area contributed by atoms with Crippen LogP contribution < -0.4 is 5.43 Å². The number of likely N-dealkylation sites (N-methyl/N-ethyl adjacent to an activating group) is 1. The van der Waals surface area contributed by atoms with E-state index in [1.165, 1.54) is 17.7 Å². The predicted molar refractivity (Wildman–Crippen MR) is 115 cm³/mol. The maximum absolute atomic E-state index is 12.8. The van der Waals surface area contributed by atoms with Gasteiger partial charge in [0.15, 0.2) is 11.0 Å². The molecule has 5 heteroatoms. The van der Waals surface area contributed by atoms with Crippen LogP contribution in [-0.2, 0) is 6.42 Å². The molecular formula is C24H25NO4. The Balaban J connectivity index is 1.92. The molecule has 2 N–H and O–H groups in total. The van der Waals surface area contributed by atoms with Gasteiger partial charge in [-0.15, -0.1) is 0 Å². The Kier molecular flexibility index (Phi) is 5.16. The topological polar surface area (TPSA) is 73.9 Å². The molecule has 3 aromatic rings. The number of hydrogen-bond acceptors (Lipinski definition) is 5. The van der Waals surface area contributed by atoms with Crippen molar-refractivity contribution in [2.24, 2.45) is 0 Å². The summed E-state index contributed by atoms with van der Waals surface area (Å²) in [4.78, 5) is 15.1. The lowest BCUT2D eigenvalue weighted by atomic mass is 9.95. The van der Waals surface area contributed by atoms with Crippen molar-refractivity contribution in [1.29, 1.82) is 0 Å². The summed E-state index contributed by atoms with van der Waals surface area (Å²) < 4.78 is 6.13. The average Bonchev–Trinajstić information content (AvgIpc) is 2.73. The van der Waals surface area contributed by atoms with E-state index in [4.69, 9.17) is 4.42 Å². The van der Waals surface area contributed by atoms with Crippen molar-refractivity contribution < 1.29 is 14.6 Å². The van der Waals surface area contributed by atoms with Gasteiger partial charge in [0.05, 0.1) is 5.56 Å². The van der Waals surface area contributed by atoms with Crippen LogP contribution in [0.2, 0.25) is 0 Å². The normalized spacial score (nSPS) is 14.9. The molecule has 0 saturated carbocycles. The first-order valence-corrected chi connectivity index (χ1v) is 10.1. The van der Waals surface area contributed by atoms with Crippen LogP contribution in [0.5, 0.6) is 11.5 Å². The second-order valence-electron chi connectivity index (χ2n) is 7.39. The maximum atomic E-state index is 12.8. The van der Waals surface area contributed by atoms with Gasteiger partial charge < -0.3 is 14.6 Å². The van der Waals surface area contributed by atoms with E-state index in [1.807, 2.05) is 24.3 Å². The number of fused-ring (bicyclic) bond motifs is 1. The van der Waals surface area contributed by atoms with Gasteiger partial charge in [-0.1, -0.05) is 44.2 Å². The Morgan fingerprint density at radius 1 is 1.07 bits per heavy atom. The van der Waals surface area contributed by atoms with E-state index in [0.29, 0.717) is 11.3 Å². The van der Waals surface area contributed by atoms with E-state index >= 15 is 0 Å². The van der Waals surface area contributed by atoms with Crippen molar-refractivity contribution in [2.75, 3.05) is 19.6 Å². The number of rotatable bonds is 4. The van der Waals surface area contributed by atoms with Gasteiger partial charge in [0.25, 0.3) is 0 Å². The molecule has 0 amide bonds. The zero-order chi connectivity index (χ0) is 20.5. The molecule has 0 bridgehead atoms. The Morgan fingerprint density at radius 3 is 2.45 bits per heavy atom. The molecule has 29 heavy (non-hydrogen) atoms. The minimum absolute atomic E-state index is 0.0761. The van der Waals surface area contributed by atoms with Crippen molar-refractivity contribution in [1.82, 2.24) is 4.90 Å². The SMILES string of the molecule is CCc1ccc(-c2cc(=O)c3c(O)cc(O)c(C4=CCN(CC)CC4)c3o2)cc1. The van der Waals surface area contributed by atoms with Crippen LogP contribution in [0.1, 0.15) is 31.4 Å². The molecule has 1 aromatic heterocycles. The lowest BCUT2D eigenvalue weighted by Crippen LogP contribution is -2.28. The molecule has 0 fully saturated rings. The molecule has 0 radical (unpaired) electrons. The lowest BCUT2D eigenvalue weighted by molar-refractivity contribution is 0.318. The second kappa shape index (κ2) is 7.76. The Bertz CT molecular complexity index is 1140. The van der Waals surface area contributed by atoms with Crippen molar-refractivity contribution in [2.45, 2.75) is 26.7 Å². The van der Waals surface area contributed by atoms with E-state index < -0.39 is 0 Å².